The second-order valence-electron chi connectivity index (χ2n) is 6.23. The second-order valence-corrected chi connectivity index (χ2v) is 6.23. The van der Waals surface area contributed by atoms with Gasteiger partial charge in [0.1, 0.15) is 0 Å². The summed E-state index contributed by atoms with van der Waals surface area (Å²) in [6.45, 7) is 6.03. The van der Waals surface area contributed by atoms with Crippen LogP contribution in [0, 0.1) is 5.92 Å². The fourth-order valence-electron chi connectivity index (χ4n) is 3.99. The fourth-order valence-corrected chi connectivity index (χ4v) is 3.99. The number of hydrogen-bond donors (Lipinski definition) is 1. The molecule has 0 bridgehead atoms. The standard InChI is InChI=1S/C15H30N2/c1-3-17(14-10-8-13(16)9-11-14)15-7-5-4-6-12(15)2/h12-15H,3-11,16H2,1-2H3. The minimum Gasteiger partial charge on any atom is -0.328 e. The van der Waals surface area contributed by atoms with Crippen molar-refractivity contribution in [1.29, 1.82) is 0 Å². The van der Waals surface area contributed by atoms with Gasteiger partial charge in [-0.15, -0.1) is 0 Å². The van der Waals surface area contributed by atoms with Gasteiger partial charge in [-0.3, -0.25) is 4.90 Å². The van der Waals surface area contributed by atoms with Crippen LogP contribution in [0.4, 0.5) is 0 Å². The van der Waals surface area contributed by atoms with Crippen LogP contribution in [0.3, 0.4) is 0 Å². The molecule has 0 amide bonds. The lowest BCUT2D eigenvalue weighted by atomic mass is 9.82. The van der Waals surface area contributed by atoms with E-state index < -0.39 is 0 Å². The van der Waals surface area contributed by atoms with Crippen LogP contribution in [0.15, 0.2) is 0 Å². The third-order valence-electron chi connectivity index (χ3n) is 5.07. The SMILES string of the molecule is CCN(C1CCC(N)CC1)C1CCCCC1C. The summed E-state index contributed by atoms with van der Waals surface area (Å²) < 4.78 is 0. The smallest absolute Gasteiger partial charge is 0.0124 e. The Bertz CT molecular complexity index is 221. The molecule has 100 valence electrons. The van der Waals surface area contributed by atoms with E-state index in [0.29, 0.717) is 6.04 Å². The predicted octanol–water partition coefficient (Wildman–Crippen LogP) is 3.16. The van der Waals surface area contributed by atoms with Crippen molar-refractivity contribution in [3.63, 3.8) is 0 Å². The van der Waals surface area contributed by atoms with E-state index in [4.69, 9.17) is 5.73 Å². The lowest BCUT2D eigenvalue weighted by Crippen LogP contribution is -2.49. The molecule has 2 heteroatoms. The van der Waals surface area contributed by atoms with E-state index in [9.17, 15) is 0 Å². The lowest BCUT2D eigenvalue weighted by Gasteiger charge is -2.44. The zero-order valence-electron chi connectivity index (χ0n) is 11.7. The summed E-state index contributed by atoms with van der Waals surface area (Å²) in [4.78, 5) is 2.82. The maximum Gasteiger partial charge on any atom is 0.0124 e. The maximum absolute atomic E-state index is 6.03. The van der Waals surface area contributed by atoms with Gasteiger partial charge in [-0.1, -0.05) is 26.7 Å². The molecule has 2 fully saturated rings. The van der Waals surface area contributed by atoms with E-state index in [1.807, 2.05) is 0 Å². The van der Waals surface area contributed by atoms with E-state index in [-0.39, 0.29) is 0 Å². The first-order valence-corrected chi connectivity index (χ1v) is 7.73. The molecule has 2 aliphatic rings. The Morgan fingerprint density at radius 1 is 1.00 bits per heavy atom. The molecule has 0 aromatic rings. The van der Waals surface area contributed by atoms with Gasteiger partial charge >= 0.3 is 0 Å². The summed E-state index contributed by atoms with van der Waals surface area (Å²) in [5.74, 6) is 0.902. The lowest BCUT2D eigenvalue weighted by molar-refractivity contribution is 0.0541. The first kappa shape index (κ1) is 13.4. The quantitative estimate of drug-likeness (QED) is 0.818. The molecule has 2 atom stereocenters. The van der Waals surface area contributed by atoms with E-state index in [0.717, 1.165) is 18.0 Å². The summed E-state index contributed by atoms with van der Waals surface area (Å²) in [6.07, 6.45) is 10.9. The maximum atomic E-state index is 6.03. The Labute approximate surface area is 107 Å². The largest absolute Gasteiger partial charge is 0.328 e. The van der Waals surface area contributed by atoms with Crippen molar-refractivity contribution in [3.05, 3.63) is 0 Å². The zero-order valence-corrected chi connectivity index (χ0v) is 11.7. The van der Waals surface area contributed by atoms with Crippen molar-refractivity contribution >= 4 is 0 Å². The van der Waals surface area contributed by atoms with Crippen LogP contribution in [-0.4, -0.2) is 29.6 Å². The normalized spacial score (nSPS) is 39.5. The van der Waals surface area contributed by atoms with Crippen molar-refractivity contribution in [2.24, 2.45) is 11.7 Å². The fraction of sp³-hybridized carbons (Fsp3) is 1.00. The van der Waals surface area contributed by atoms with Gasteiger partial charge in [-0.2, -0.15) is 0 Å². The molecule has 0 radical (unpaired) electrons. The van der Waals surface area contributed by atoms with Crippen LogP contribution in [-0.2, 0) is 0 Å². The van der Waals surface area contributed by atoms with E-state index >= 15 is 0 Å². The summed E-state index contributed by atoms with van der Waals surface area (Å²) in [5.41, 5.74) is 6.03. The average Bonchev–Trinajstić information content (AvgIpc) is 2.35. The van der Waals surface area contributed by atoms with Gasteiger partial charge in [0.25, 0.3) is 0 Å². The Kier molecular flexibility index (Phi) is 4.87. The molecule has 2 N–H and O–H groups in total. The summed E-state index contributed by atoms with van der Waals surface area (Å²) in [7, 11) is 0. The summed E-state index contributed by atoms with van der Waals surface area (Å²) in [5, 5.41) is 0. The third-order valence-corrected chi connectivity index (χ3v) is 5.07. The van der Waals surface area contributed by atoms with Crippen LogP contribution >= 0.6 is 0 Å². The zero-order chi connectivity index (χ0) is 12.3. The molecule has 2 nitrogen and oxygen atoms in total. The molecule has 0 aliphatic heterocycles. The monoisotopic (exact) mass is 238 g/mol. The highest BCUT2D eigenvalue weighted by Crippen LogP contribution is 2.32. The molecule has 0 spiro atoms. The summed E-state index contributed by atoms with van der Waals surface area (Å²) >= 11 is 0. The highest BCUT2D eigenvalue weighted by atomic mass is 15.2. The van der Waals surface area contributed by atoms with Gasteiger partial charge in [0.05, 0.1) is 0 Å². The molecular formula is C15H30N2. The van der Waals surface area contributed by atoms with Crippen LogP contribution in [0.1, 0.15) is 65.2 Å². The van der Waals surface area contributed by atoms with Crippen LogP contribution < -0.4 is 5.73 Å². The Morgan fingerprint density at radius 2 is 1.65 bits per heavy atom. The van der Waals surface area contributed by atoms with Gasteiger partial charge in [0.2, 0.25) is 0 Å². The topological polar surface area (TPSA) is 29.3 Å². The molecule has 2 aliphatic carbocycles. The summed E-state index contributed by atoms with van der Waals surface area (Å²) in [6, 6.07) is 2.16. The molecule has 2 saturated carbocycles. The van der Waals surface area contributed by atoms with E-state index in [1.54, 1.807) is 0 Å². The highest BCUT2D eigenvalue weighted by Gasteiger charge is 2.32. The number of hydrogen-bond acceptors (Lipinski definition) is 2. The first-order valence-electron chi connectivity index (χ1n) is 7.73. The van der Waals surface area contributed by atoms with Crippen molar-refractivity contribution in [2.75, 3.05) is 6.54 Å². The third kappa shape index (κ3) is 3.23. The van der Waals surface area contributed by atoms with Crippen molar-refractivity contribution < 1.29 is 0 Å². The molecule has 2 rings (SSSR count). The van der Waals surface area contributed by atoms with Crippen LogP contribution in [0.2, 0.25) is 0 Å². The van der Waals surface area contributed by atoms with Gasteiger partial charge in [-0.05, 0) is 51.0 Å². The average molecular weight is 238 g/mol. The molecule has 0 aromatic carbocycles. The van der Waals surface area contributed by atoms with Crippen LogP contribution in [0.25, 0.3) is 0 Å². The van der Waals surface area contributed by atoms with E-state index in [1.165, 1.54) is 57.9 Å². The molecule has 0 aromatic heterocycles. The Balaban J connectivity index is 1.94. The molecule has 0 saturated heterocycles. The van der Waals surface area contributed by atoms with Crippen molar-refractivity contribution in [2.45, 2.75) is 83.3 Å². The predicted molar refractivity (Wildman–Crippen MR) is 74.0 cm³/mol. The highest BCUT2D eigenvalue weighted by molar-refractivity contribution is 4.88. The minimum atomic E-state index is 0.480. The Morgan fingerprint density at radius 3 is 2.24 bits per heavy atom. The number of nitrogens with zero attached hydrogens (tertiary/aromatic N) is 1. The van der Waals surface area contributed by atoms with Gasteiger partial charge < -0.3 is 5.73 Å². The number of nitrogens with two attached hydrogens (primary N) is 1. The molecule has 17 heavy (non-hydrogen) atoms. The first-order chi connectivity index (χ1) is 8.22. The minimum absolute atomic E-state index is 0.480. The van der Waals surface area contributed by atoms with Gasteiger partial charge in [-0.25, -0.2) is 0 Å². The Hall–Kier alpha value is -0.0800. The number of rotatable bonds is 3. The van der Waals surface area contributed by atoms with Gasteiger partial charge in [0, 0.05) is 18.1 Å². The molecular weight excluding hydrogens is 208 g/mol. The molecule has 0 heterocycles. The van der Waals surface area contributed by atoms with Crippen molar-refractivity contribution in [3.8, 4) is 0 Å². The molecule has 2 unspecified atom stereocenters. The second kappa shape index (κ2) is 6.19. The van der Waals surface area contributed by atoms with E-state index in [2.05, 4.69) is 18.7 Å². The van der Waals surface area contributed by atoms with Crippen LogP contribution in [0.5, 0.6) is 0 Å². The van der Waals surface area contributed by atoms with Crippen molar-refractivity contribution in [1.82, 2.24) is 4.90 Å². The van der Waals surface area contributed by atoms with Gasteiger partial charge in [0.15, 0.2) is 0 Å².